The quantitative estimate of drug-likeness (QED) is 0.850. The van der Waals surface area contributed by atoms with Crippen molar-refractivity contribution in [1.29, 1.82) is 0 Å². The highest BCUT2D eigenvalue weighted by molar-refractivity contribution is 9.11. The molecule has 1 aromatic rings. The lowest BCUT2D eigenvalue weighted by Crippen LogP contribution is -2.30. The van der Waals surface area contributed by atoms with E-state index in [1.54, 1.807) is 18.2 Å². The maximum absolute atomic E-state index is 12.5. The topological polar surface area (TPSA) is 63.4 Å². The van der Waals surface area contributed by atoms with Gasteiger partial charge >= 0.3 is 0 Å². The molecule has 1 heterocycles. The van der Waals surface area contributed by atoms with Crippen molar-refractivity contribution in [1.82, 2.24) is 4.31 Å². The second kappa shape index (κ2) is 5.58. The van der Waals surface area contributed by atoms with E-state index in [0.717, 1.165) is 10.9 Å². The summed E-state index contributed by atoms with van der Waals surface area (Å²) in [5.74, 6) is 0.272. The second-order valence-corrected chi connectivity index (χ2v) is 8.00. The molecule has 0 spiro atoms. The van der Waals surface area contributed by atoms with Crippen molar-refractivity contribution in [2.45, 2.75) is 11.3 Å². The highest BCUT2D eigenvalue weighted by atomic mass is 79.9. The zero-order valence-corrected chi connectivity index (χ0v) is 13.6. The zero-order chi connectivity index (χ0) is 13.3. The lowest BCUT2D eigenvalue weighted by Gasteiger charge is -2.17. The van der Waals surface area contributed by atoms with Gasteiger partial charge in [-0.2, -0.15) is 4.31 Å². The number of nitrogens with two attached hydrogens (primary N) is 1. The molecule has 2 rings (SSSR count). The van der Waals surface area contributed by atoms with Crippen LogP contribution in [0.25, 0.3) is 0 Å². The lowest BCUT2D eigenvalue weighted by molar-refractivity contribution is 0.458. The van der Waals surface area contributed by atoms with Crippen molar-refractivity contribution in [2.75, 3.05) is 19.6 Å². The molecule has 1 aliphatic heterocycles. The summed E-state index contributed by atoms with van der Waals surface area (Å²) < 4.78 is 27.9. The molecule has 18 heavy (non-hydrogen) atoms. The number of benzene rings is 1. The molecular weight excluding hydrogens is 384 g/mol. The van der Waals surface area contributed by atoms with Crippen LogP contribution in [0.2, 0.25) is 0 Å². The van der Waals surface area contributed by atoms with Crippen LogP contribution in [0.5, 0.6) is 0 Å². The summed E-state index contributed by atoms with van der Waals surface area (Å²) in [6.45, 7) is 1.60. The summed E-state index contributed by atoms with van der Waals surface area (Å²) in [5, 5.41) is 0. The molecule has 4 nitrogen and oxygen atoms in total. The number of rotatable bonds is 3. The van der Waals surface area contributed by atoms with Gasteiger partial charge in [-0.15, -0.1) is 0 Å². The molecule has 0 aromatic heterocycles. The van der Waals surface area contributed by atoms with Crippen LogP contribution < -0.4 is 5.73 Å². The second-order valence-electron chi connectivity index (χ2n) is 4.33. The van der Waals surface area contributed by atoms with E-state index in [0.29, 0.717) is 29.0 Å². The molecule has 0 radical (unpaired) electrons. The van der Waals surface area contributed by atoms with Gasteiger partial charge in [0.15, 0.2) is 0 Å². The molecule has 0 aliphatic carbocycles. The van der Waals surface area contributed by atoms with Gasteiger partial charge in [-0.05, 0) is 53.0 Å². The Labute approximate surface area is 124 Å². The van der Waals surface area contributed by atoms with Crippen LogP contribution in [0.1, 0.15) is 6.42 Å². The number of nitrogens with zero attached hydrogens (tertiary/aromatic N) is 1. The Morgan fingerprint density at radius 3 is 2.67 bits per heavy atom. The normalized spacial score (nSPS) is 21.4. The van der Waals surface area contributed by atoms with E-state index in [9.17, 15) is 8.42 Å². The van der Waals surface area contributed by atoms with Crippen molar-refractivity contribution in [3.63, 3.8) is 0 Å². The average molecular weight is 398 g/mol. The Kier molecular flexibility index (Phi) is 4.48. The van der Waals surface area contributed by atoms with Crippen LogP contribution >= 0.6 is 31.9 Å². The predicted octanol–water partition coefficient (Wildman–Crippen LogP) is 2.18. The summed E-state index contributed by atoms with van der Waals surface area (Å²) >= 11 is 6.61. The minimum Gasteiger partial charge on any atom is -0.330 e. The number of sulfonamides is 1. The average Bonchev–Trinajstić information content (AvgIpc) is 2.77. The van der Waals surface area contributed by atoms with E-state index in [1.165, 1.54) is 4.31 Å². The molecule has 1 saturated heterocycles. The summed E-state index contributed by atoms with van der Waals surface area (Å²) in [7, 11) is -3.42. The van der Waals surface area contributed by atoms with Crippen LogP contribution in [0, 0.1) is 5.92 Å². The van der Waals surface area contributed by atoms with Gasteiger partial charge in [-0.3, -0.25) is 0 Å². The van der Waals surface area contributed by atoms with Crippen molar-refractivity contribution in [3.05, 3.63) is 27.1 Å². The first-order chi connectivity index (χ1) is 8.45. The molecule has 1 unspecified atom stereocenters. The number of hydrogen-bond donors (Lipinski definition) is 1. The molecule has 0 amide bonds. The van der Waals surface area contributed by atoms with Gasteiger partial charge < -0.3 is 5.73 Å². The fourth-order valence-corrected chi connectivity index (χ4v) is 5.27. The molecule has 7 heteroatoms. The largest absolute Gasteiger partial charge is 0.330 e. The number of halogens is 2. The minimum absolute atomic E-state index is 0.272. The predicted molar refractivity (Wildman–Crippen MR) is 77.8 cm³/mol. The SMILES string of the molecule is NCC1CCN(S(=O)(=O)c2ccc(Br)cc2Br)C1. The Bertz CT molecular complexity index is 548. The van der Waals surface area contributed by atoms with Crippen molar-refractivity contribution in [2.24, 2.45) is 11.7 Å². The van der Waals surface area contributed by atoms with Gasteiger partial charge in [-0.1, -0.05) is 15.9 Å². The minimum atomic E-state index is -3.42. The summed E-state index contributed by atoms with van der Waals surface area (Å²) in [6.07, 6.45) is 0.837. The first-order valence-electron chi connectivity index (χ1n) is 5.60. The Morgan fingerprint density at radius 1 is 1.39 bits per heavy atom. The van der Waals surface area contributed by atoms with Crippen LogP contribution in [-0.4, -0.2) is 32.4 Å². The Balaban J connectivity index is 2.31. The van der Waals surface area contributed by atoms with Crippen LogP contribution in [-0.2, 0) is 10.0 Å². The highest BCUT2D eigenvalue weighted by Crippen LogP contribution is 2.30. The highest BCUT2D eigenvalue weighted by Gasteiger charge is 2.32. The fraction of sp³-hybridized carbons (Fsp3) is 0.455. The van der Waals surface area contributed by atoms with Gasteiger partial charge in [0.2, 0.25) is 10.0 Å². The zero-order valence-electron chi connectivity index (χ0n) is 9.64. The molecule has 1 atom stereocenters. The van der Waals surface area contributed by atoms with Crippen LogP contribution in [0.3, 0.4) is 0 Å². The van der Waals surface area contributed by atoms with Gasteiger partial charge in [0, 0.05) is 22.0 Å². The van der Waals surface area contributed by atoms with Gasteiger partial charge in [-0.25, -0.2) is 8.42 Å². The third-order valence-electron chi connectivity index (χ3n) is 3.09. The molecule has 0 saturated carbocycles. The third-order valence-corrected chi connectivity index (χ3v) is 6.43. The Hall–Kier alpha value is 0.0500. The first kappa shape index (κ1) is 14.5. The molecule has 1 fully saturated rings. The van der Waals surface area contributed by atoms with E-state index < -0.39 is 10.0 Å². The van der Waals surface area contributed by atoms with Crippen LogP contribution in [0.15, 0.2) is 32.0 Å². The van der Waals surface area contributed by atoms with E-state index in [2.05, 4.69) is 31.9 Å². The van der Waals surface area contributed by atoms with E-state index in [4.69, 9.17) is 5.73 Å². The molecule has 0 bridgehead atoms. The molecule has 100 valence electrons. The maximum Gasteiger partial charge on any atom is 0.244 e. The van der Waals surface area contributed by atoms with Crippen molar-refractivity contribution < 1.29 is 8.42 Å². The lowest BCUT2D eigenvalue weighted by atomic mass is 10.1. The van der Waals surface area contributed by atoms with E-state index in [1.807, 2.05) is 0 Å². The van der Waals surface area contributed by atoms with Gasteiger partial charge in [0.1, 0.15) is 0 Å². The Morgan fingerprint density at radius 2 is 2.11 bits per heavy atom. The third kappa shape index (κ3) is 2.80. The molecular formula is C11H14Br2N2O2S. The maximum atomic E-state index is 12.5. The smallest absolute Gasteiger partial charge is 0.244 e. The van der Waals surface area contributed by atoms with Gasteiger partial charge in [0.05, 0.1) is 4.90 Å². The summed E-state index contributed by atoms with van der Waals surface area (Å²) in [6, 6.07) is 5.08. The number of hydrogen-bond acceptors (Lipinski definition) is 3. The van der Waals surface area contributed by atoms with E-state index in [-0.39, 0.29) is 5.92 Å². The van der Waals surface area contributed by atoms with Crippen molar-refractivity contribution in [3.8, 4) is 0 Å². The summed E-state index contributed by atoms with van der Waals surface area (Å²) in [4.78, 5) is 0.309. The molecule has 1 aliphatic rings. The molecule has 2 N–H and O–H groups in total. The monoisotopic (exact) mass is 396 g/mol. The summed E-state index contributed by atoms with van der Waals surface area (Å²) in [5.41, 5.74) is 5.59. The van der Waals surface area contributed by atoms with E-state index >= 15 is 0 Å². The first-order valence-corrected chi connectivity index (χ1v) is 8.63. The van der Waals surface area contributed by atoms with Gasteiger partial charge in [0.25, 0.3) is 0 Å². The van der Waals surface area contributed by atoms with Crippen molar-refractivity contribution >= 4 is 41.9 Å². The fourth-order valence-electron chi connectivity index (χ4n) is 2.03. The van der Waals surface area contributed by atoms with Crippen LogP contribution in [0.4, 0.5) is 0 Å². The standard InChI is InChI=1S/C11H14Br2N2O2S/c12-9-1-2-11(10(13)5-9)18(16,17)15-4-3-8(6-14)7-15/h1-2,5,8H,3-4,6-7,14H2. The molecule has 1 aromatic carbocycles.